The van der Waals surface area contributed by atoms with Crippen LogP contribution in [0.25, 0.3) is 0 Å². The number of phosphoric acid groups is 2. The van der Waals surface area contributed by atoms with Crippen molar-refractivity contribution in [3.05, 3.63) is 109 Å². The van der Waals surface area contributed by atoms with E-state index < -0.39 is 85.5 Å². The Morgan fingerprint density at radius 2 is 0.790 bits per heavy atom. The van der Waals surface area contributed by atoms with Crippen LogP contribution in [0.4, 0.5) is 0 Å². The third-order valence-electron chi connectivity index (χ3n) is 7.82. The molecule has 0 aromatic rings. The molecule has 0 rings (SSSR count). The monoisotopic (exact) mass is 914 g/mol. The summed E-state index contributed by atoms with van der Waals surface area (Å²) in [6, 6.07) is 0. The third kappa shape index (κ3) is 42.0. The van der Waals surface area contributed by atoms with E-state index in [9.17, 15) is 43.8 Å². The number of unbranched alkanes of at least 4 members (excludes halogenated alkanes) is 4. The number of allylic oxidation sites excluding steroid dienone is 18. The fourth-order valence-corrected chi connectivity index (χ4v) is 6.14. The van der Waals surface area contributed by atoms with Crippen molar-refractivity contribution in [1.82, 2.24) is 0 Å². The molecule has 17 heteroatoms. The third-order valence-corrected chi connectivity index (χ3v) is 9.72. The lowest BCUT2D eigenvalue weighted by atomic mass is 10.1. The summed E-state index contributed by atoms with van der Waals surface area (Å²) < 4.78 is 52.7. The number of ether oxygens (including phenoxy) is 2. The first-order chi connectivity index (χ1) is 29.8. The van der Waals surface area contributed by atoms with Crippen LogP contribution >= 0.6 is 15.6 Å². The summed E-state index contributed by atoms with van der Waals surface area (Å²) in [6.45, 7) is -0.0144. The number of esters is 2. The fraction of sp³-hybridized carbons (Fsp3) is 0.556. The Balaban J connectivity index is 4.05. The standard InChI is InChI=1S/C45H72O15P2/c1-3-5-7-9-11-13-15-17-18-19-20-22-24-26-28-30-32-34-45(50)56-36-42(47)38-58-62(53,54)60-40-43(48)39-59-61(51,52)57-37-41(46)35-55-44(49)33-31-29-27-25-23-21-16-14-12-10-8-6-4-2/h5-8,10-14,16-18,20-23,26,28,41-43,46-48H,3-4,9,15,19,24-25,27,29-40H2,1-2H3,(H,51,52)(H,53,54)/b7-5-,8-6+,12-10+,13-11-,16-14-,18-17-,22-20-,23-21-,28-26-. The van der Waals surface area contributed by atoms with Crippen LogP contribution < -0.4 is 0 Å². The fourth-order valence-electron chi connectivity index (χ4n) is 4.55. The van der Waals surface area contributed by atoms with Crippen LogP contribution in [-0.2, 0) is 46.3 Å². The van der Waals surface area contributed by atoms with Crippen LogP contribution in [0, 0.1) is 0 Å². The van der Waals surface area contributed by atoms with E-state index in [4.69, 9.17) is 9.47 Å². The molecule has 0 radical (unpaired) electrons. The second-order valence-corrected chi connectivity index (χ2v) is 16.6. The maximum Gasteiger partial charge on any atom is 0.472 e. The van der Waals surface area contributed by atoms with Crippen LogP contribution in [0.3, 0.4) is 0 Å². The number of hydrogen-bond donors (Lipinski definition) is 5. The van der Waals surface area contributed by atoms with Gasteiger partial charge in [-0.2, -0.15) is 0 Å². The van der Waals surface area contributed by atoms with E-state index in [-0.39, 0.29) is 12.8 Å². The number of carbonyl (C=O) groups excluding carboxylic acids is 2. The molecule has 5 unspecified atom stereocenters. The van der Waals surface area contributed by atoms with Gasteiger partial charge in [0.1, 0.15) is 31.5 Å². The molecule has 0 amide bonds. The van der Waals surface area contributed by atoms with Gasteiger partial charge >= 0.3 is 27.6 Å². The summed E-state index contributed by atoms with van der Waals surface area (Å²) in [5.41, 5.74) is 0. The summed E-state index contributed by atoms with van der Waals surface area (Å²) in [6.07, 6.45) is 42.4. The van der Waals surface area contributed by atoms with E-state index in [1.165, 1.54) is 0 Å². The van der Waals surface area contributed by atoms with Gasteiger partial charge in [-0.1, -0.05) is 130 Å². The molecule has 0 aromatic heterocycles. The van der Waals surface area contributed by atoms with Crippen molar-refractivity contribution in [2.75, 3.05) is 39.6 Å². The molecular weight excluding hydrogens is 842 g/mol. The number of rotatable bonds is 39. The van der Waals surface area contributed by atoms with Crippen LogP contribution in [0.5, 0.6) is 0 Å². The minimum absolute atomic E-state index is 0.111. The van der Waals surface area contributed by atoms with Crippen LogP contribution in [0.15, 0.2) is 109 Å². The molecule has 15 nitrogen and oxygen atoms in total. The molecule has 62 heavy (non-hydrogen) atoms. The lowest BCUT2D eigenvalue weighted by molar-refractivity contribution is -0.148. The molecule has 0 spiro atoms. The number of phosphoric ester groups is 2. The first-order valence-electron chi connectivity index (χ1n) is 21.3. The minimum atomic E-state index is -4.81. The summed E-state index contributed by atoms with van der Waals surface area (Å²) in [4.78, 5) is 43.6. The van der Waals surface area contributed by atoms with Crippen molar-refractivity contribution < 1.29 is 71.4 Å². The van der Waals surface area contributed by atoms with Crippen LogP contribution in [-0.4, -0.2) is 95.0 Å². The van der Waals surface area contributed by atoms with Gasteiger partial charge in [-0.25, -0.2) is 9.13 Å². The highest BCUT2D eigenvalue weighted by molar-refractivity contribution is 7.47. The SMILES string of the molecule is CC/C=C\C/C=C\C/C=C\C/C=C\C/C=C\CCCC(=O)OCC(O)COP(=O)(O)OCC(O)COP(=O)(O)OCC(O)COC(=O)CCCCC\C=C/C=C\C=C\C=C\CC. The molecule has 0 heterocycles. The Kier molecular flexibility index (Phi) is 38.3. The number of aliphatic hydroxyl groups excluding tert-OH is 3. The van der Waals surface area contributed by atoms with Gasteiger partial charge in [0.25, 0.3) is 0 Å². The Hall–Kier alpha value is -3.30. The first-order valence-corrected chi connectivity index (χ1v) is 24.3. The van der Waals surface area contributed by atoms with Crippen molar-refractivity contribution in [1.29, 1.82) is 0 Å². The van der Waals surface area contributed by atoms with Gasteiger partial charge in [0, 0.05) is 12.8 Å². The average Bonchev–Trinajstić information content (AvgIpc) is 3.24. The van der Waals surface area contributed by atoms with Crippen molar-refractivity contribution in [3.63, 3.8) is 0 Å². The number of carbonyl (C=O) groups is 2. The molecule has 0 aliphatic carbocycles. The molecule has 0 bridgehead atoms. The molecule has 0 fully saturated rings. The van der Waals surface area contributed by atoms with E-state index >= 15 is 0 Å². The predicted molar refractivity (Wildman–Crippen MR) is 242 cm³/mol. The molecule has 0 aromatic carbocycles. The van der Waals surface area contributed by atoms with Crippen LogP contribution in [0.2, 0.25) is 0 Å². The van der Waals surface area contributed by atoms with Crippen molar-refractivity contribution in [3.8, 4) is 0 Å². The second-order valence-electron chi connectivity index (χ2n) is 13.7. The summed E-state index contributed by atoms with van der Waals surface area (Å²) in [5, 5.41) is 29.9. The van der Waals surface area contributed by atoms with Gasteiger partial charge in [0.15, 0.2) is 0 Å². The maximum absolute atomic E-state index is 12.1. The van der Waals surface area contributed by atoms with Gasteiger partial charge < -0.3 is 34.6 Å². The zero-order valence-electron chi connectivity index (χ0n) is 36.5. The predicted octanol–water partition coefficient (Wildman–Crippen LogP) is 8.93. The lowest BCUT2D eigenvalue weighted by Crippen LogP contribution is -2.25. The maximum atomic E-state index is 12.1. The van der Waals surface area contributed by atoms with Gasteiger partial charge in [-0.15, -0.1) is 0 Å². The van der Waals surface area contributed by atoms with E-state index in [2.05, 4.69) is 86.6 Å². The number of hydrogen-bond acceptors (Lipinski definition) is 13. The molecular formula is C45H72O15P2. The highest BCUT2D eigenvalue weighted by Crippen LogP contribution is 2.45. The number of aliphatic hydroxyl groups is 3. The summed E-state index contributed by atoms with van der Waals surface area (Å²) in [5.74, 6) is -1.10. The van der Waals surface area contributed by atoms with E-state index in [0.29, 0.717) is 19.3 Å². The highest BCUT2D eigenvalue weighted by Gasteiger charge is 2.28. The second kappa shape index (κ2) is 40.5. The van der Waals surface area contributed by atoms with Gasteiger partial charge in [0.2, 0.25) is 0 Å². The van der Waals surface area contributed by atoms with Gasteiger partial charge in [-0.05, 0) is 70.6 Å². The molecule has 0 saturated heterocycles. The zero-order chi connectivity index (χ0) is 46.0. The molecule has 0 aliphatic heterocycles. The van der Waals surface area contributed by atoms with Crippen molar-refractivity contribution >= 4 is 27.6 Å². The van der Waals surface area contributed by atoms with Crippen molar-refractivity contribution in [2.45, 2.75) is 122 Å². The van der Waals surface area contributed by atoms with Gasteiger partial charge in [-0.3, -0.25) is 27.7 Å². The quantitative estimate of drug-likeness (QED) is 0.0128. The zero-order valence-corrected chi connectivity index (χ0v) is 38.3. The molecule has 0 saturated carbocycles. The van der Waals surface area contributed by atoms with Crippen molar-refractivity contribution in [2.24, 2.45) is 0 Å². The van der Waals surface area contributed by atoms with E-state index in [0.717, 1.165) is 57.8 Å². The van der Waals surface area contributed by atoms with Gasteiger partial charge in [0.05, 0.1) is 26.4 Å². The Morgan fingerprint density at radius 1 is 0.435 bits per heavy atom. The Morgan fingerprint density at radius 3 is 1.24 bits per heavy atom. The molecule has 5 N–H and O–H groups in total. The molecule has 5 atom stereocenters. The normalized spacial score (nSPS) is 16.3. The average molecular weight is 915 g/mol. The topological polar surface area (TPSA) is 225 Å². The lowest BCUT2D eigenvalue weighted by Gasteiger charge is -2.19. The van der Waals surface area contributed by atoms with E-state index in [1.54, 1.807) is 0 Å². The first kappa shape index (κ1) is 58.7. The highest BCUT2D eigenvalue weighted by atomic mass is 31.2. The Labute approximate surface area is 369 Å². The Bertz CT molecular complexity index is 1530. The largest absolute Gasteiger partial charge is 0.472 e. The minimum Gasteiger partial charge on any atom is -0.463 e. The van der Waals surface area contributed by atoms with E-state index in [1.807, 2.05) is 54.7 Å². The summed E-state index contributed by atoms with van der Waals surface area (Å²) in [7, 11) is -9.61. The van der Waals surface area contributed by atoms with Crippen LogP contribution in [0.1, 0.15) is 104 Å². The smallest absolute Gasteiger partial charge is 0.463 e. The molecule has 352 valence electrons. The summed E-state index contributed by atoms with van der Waals surface area (Å²) >= 11 is 0. The molecule has 0 aliphatic rings.